The zero-order chi connectivity index (χ0) is 11.4. The van der Waals surface area contributed by atoms with Crippen molar-refractivity contribution >= 4 is 11.7 Å². The number of hydrazine groups is 1. The fraction of sp³-hybridized carbons (Fsp3) is 0.333. The van der Waals surface area contributed by atoms with Crippen molar-refractivity contribution in [3.05, 3.63) is 35.9 Å². The maximum Gasteiger partial charge on any atom is 0.301 e. The van der Waals surface area contributed by atoms with Crippen molar-refractivity contribution in [3.8, 4) is 0 Å². The van der Waals surface area contributed by atoms with Crippen LogP contribution in [0.5, 0.6) is 0 Å². The third-order valence-electron chi connectivity index (χ3n) is 2.70. The summed E-state index contributed by atoms with van der Waals surface area (Å²) in [6.07, 6.45) is 2.04. The zero-order valence-electron chi connectivity index (χ0n) is 8.90. The Kier molecular flexibility index (Phi) is 3.31. The van der Waals surface area contributed by atoms with Gasteiger partial charge >= 0.3 is 5.91 Å². The summed E-state index contributed by atoms with van der Waals surface area (Å²) in [5.74, 6) is -0.868. The van der Waals surface area contributed by atoms with Crippen LogP contribution in [0, 0.1) is 0 Å². The molecule has 2 N–H and O–H groups in total. The molecule has 1 heterocycles. The van der Waals surface area contributed by atoms with Crippen LogP contribution in [0.25, 0.3) is 0 Å². The predicted octanol–water partition coefficient (Wildman–Crippen LogP) is 0.581. The van der Waals surface area contributed by atoms with Crippen LogP contribution in [0.2, 0.25) is 0 Å². The number of aryl methyl sites for hydroxylation is 1. The molecule has 1 fully saturated rings. The second-order valence-corrected chi connectivity index (χ2v) is 3.95. The Hall–Kier alpha value is -1.68. The minimum absolute atomic E-state index is 0.0467. The summed E-state index contributed by atoms with van der Waals surface area (Å²) < 4.78 is 0. The first-order valence-electron chi connectivity index (χ1n) is 5.38. The summed E-state index contributed by atoms with van der Waals surface area (Å²) in [6.45, 7) is 0. The highest BCUT2D eigenvalue weighted by Crippen LogP contribution is 2.09. The molecular weight excluding hydrogens is 204 g/mol. The van der Waals surface area contributed by atoms with E-state index < -0.39 is 5.91 Å². The molecule has 0 spiro atoms. The summed E-state index contributed by atoms with van der Waals surface area (Å²) in [7, 11) is 0. The Morgan fingerprint density at radius 3 is 2.62 bits per heavy atom. The lowest BCUT2D eigenvalue weighted by Crippen LogP contribution is -2.53. The van der Waals surface area contributed by atoms with Crippen molar-refractivity contribution in [2.75, 3.05) is 0 Å². The van der Waals surface area contributed by atoms with Gasteiger partial charge in [-0.2, -0.15) is 0 Å². The van der Waals surface area contributed by atoms with Crippen LogP contribution in [0.15, 0.2) is 30.3 Å². The fourth-order valence-electron chi connectivity index (χ4n) is 1.76. The van der Waals surface area contributed by atoms with E-state index in [0.717, 1.165) is 12.8 Å². The van der Waals surface area contributed by atoms with E-state index in [1.54, 1.807) is 0 Å². The SMILES string of the molecule is O=C1CC(CCc2ccccc2)NNC1=O. The minimum Gasteiger partial charge on any atom is -0.289 e. The van der Waals surface area contributed by atoms with Gasteiger partial charge in [0.25, 0.3) is 0 Å². The summed E-state index contributed by atoms with van der Waals surface area (Å²) >= 11 is 0. The van der Waals surface area contributed by atoms with E-state index in [1.165, 1.54) is 5.56 Å². The third kappa shape index (κ3) is 2.67. The molecule has 1 aromatic carbocycles. The first-order valence-corrected chi connectivity index (χ1v) is 5.38. The minimum atomic E-state index is -0.532. The maximum absolute atomic E-state index is 11.2. The Morgan fingerprint density at radius 2 is 1.94 bits per heavy atom. The Labute approximate surface area is 94.0 Å². The quantitative estimate of drug-likeness (QED) is 0.730. The molecule has 16 heavy (non-hydrogen) atoms. The van der Waals surface area contributed by atoms with Crippen LogP contribution in [0.1, 0.15) is 18.4 Å². The number of benzene rings is 1. The van der Waals surface area contributed by atoms with Crippen molar-refractivity contribution in [3.63, 3.8) is 0 Å². The normalized spacial score (nSPS) is 20.6. The molecule has 84 valence electrons. The second-order valence-electron chi connectivity index (χ2n) is 3.95. The average molecular weight is 218 g/mol. The molecule has 2 rings (SSSR count). The van der Waals surface area contributed by atoms with Gasteiger partial charge in [-0.3, -0.25) is 15.0 Å². The van der Waals surface area contributed by atoms with E-state index in [2.05, 4.69) is 23.0 Å². The fourth-order valence-corrected chi connectivity index (χ4v) is 1.76. The van der Waals surface area contributed by atoms with Crippen LogP contribution >= 0.6 is 0 Å². The van der Waals surface area contributed by atoms with Crippen molar-refractivity contribution in [2.45, 2.75) is 25.3 Å². The monoisotopic (exact) mass is 218 g/mol. The molecule has 4 heteroatoms. The van der Waals surface area contributed by atoms with Crippen LogP contribution in [0.4, 0.5) is 0 Å². The molecule has 0 radical (unpaired) electrons. The molecule has 1 atom stereocenters. The number of hydrogen-bond acceptors (Lipinski definition) is 3. The van der Waals surface area contributed by atoms with Crippen LogP contribution < -0.4 is 10.9 Å². The predicted molar refractivity (Wildman–Crippen MR) is 59.5 cm³/mol. The smallest absolute Gasteiger partial charge is 0.289 e. The molecule has 1 amide bonds. The lowest BCUT2D eigenvalue weighted by molar-refractivity contribution is -0.141. The standard InChI is InChI=1S/C12H14N2O2/c15-11-8-10(13-14-12(11)16)7-6-9-4-2-1-3-5-9/h1-5,10,13H,6-8H2,(H,14,16). The van der Waals surface area contributed by atoms with E-state index >= 15 is 0 Å². The number of amides is 1. The number of hydrogen-bond donors (Lipinski definition) is 2. The number of ketones is 1. The van der Waals surface area contributed by atoms with Gasteiger partial charge in [0.2, 0.25) is 5.78 Å². The molecule has 0 saturated carbocycles. The highest BCUT2D eigenvalue weighted by Gasteiger charge is 2.25. The molecule has 1 aliphatic heterocycles. The number of Topliss-reactive ketones (excluding diaryl/α,β-unsaturated/α-hetero) is 1. The Morgan fingerprint density at radius 1 is 1.19 bits per heavy atom. The first kappa shape index (κ1) is 10.8. The van der Waals surface area contributed by atoms with Gasteiger partial charge in [0.1, 0.15) is 0 Å². The number of rotatable bonds is 3. The lowest BCUT2D eigenvalue weighted by Gasteiger charge is -2.22. The van der Waals surface area contributed by atoms with Crippen molar-refractivity contribution in [1.82, 2.24) is 10.9 Å². The lowest BCUT2D eigenvalue weighted by atomic mass is 10.0. The summed E-state index contributed by atoms with van der Waals surface area (Å²) in [4.78, 5) is 22.1. The van der Waals surface area contributed by atoms with E-state index in [9.17, 15) is 9.59 Å². The number of carbonyl (C=O) groups excluding carboxylic acids is 2. The average Bonchev–Trinajstić information content (AvgIpc) is 2.32. The topological polar surface area (TPSA) is 58.2 Å². The van der Waals surface area contributed by atoms with Crippen molar-refractivity contribution < 1.29 is 9.59 Å². The van der Waals surface area contributed by atoms with Crippen molar-refractivity contribution in [1.29, 1.82) is 0 Å². The summed E-state index contributed by atoms with van der Waals surface area (Å²) in [5.41, 5.74) is 6.47. The van der Waals surface area contributed by atoms with Gasteiger partial charge in [-0.15, -0.1) is 0 Å². The zero-order valence-corrected chi connectivity index (χ0v) is 8.90. The molecular formula is C12H14N2O2. The Bertz CT molecular complexity index is 389. The van der Waals surface area contributed by atoms with Gasteiger partial charge < -0.3 is 0 Å². The Balaban J connectivity index is 1.83. The van der Waals surface area contributed by atoms with E-state index in [-0.39, 0.29) is 11.8 Å². The van der Waals surface area contributed by atoms with Gasteiger partial charge in [-0.1, -0.05) is 30.3 Å². The van der Waals surface area contributed by atoms with Gasteiger partial charge in [0.05, 0.1) is 0 Å². The van der Waals surface area contributed by atoms with Gasteiger partial charge in [-0.05, 0) is 18.4 Å². The molecule has 1 aromatic rings. The van der Waals surface area contributed by atoms with E-state index in [4.69, 9.17) is 0 Å². The molecule has 0 bridgehead atoms. The number of nitrogens with one attached hydrogen (secondary N) is 2. The molecule has 1 unspecified atom stereocenters. The van der Waals surface area contributed by atoms with Crippen molar-refractivity contribution in [2.24, 2.45) is 0 Å². The molecule has 4 nitrogen and oxygen atoms in total. The van der Waals surface area contributed by atoms with Gasteiger partial charge in [0, 0.05) is 12.5 Å². The first-order chi connectivity index (χ1) is 7.75. The molecule has 0 aromatic heterocycles. The van der Waals surface area contributed by atoms with Gasteiger partial charge in [-0.25, -0.2) is 5.43 Å². The highest BCUT2D eigenvalue weighted by atomic mass is 16.2. The summed E-state index contributed by atoms with van der Waals surface area (Å²) in [6, 6.07) is 10.1. The van der Waals surface area contributed by atoms with Crippen LogP contribution in [0.3, 0.4) is 0 Å². The summed E-state index contributed by atoms with van der Waals surface area (Å²) in [5, 5.41) is 0. The van der Waals surface area contributed by atoms with Crippen LogP contribution in [-0.2, 0) is 16.0 Å². The molecule has 1 saturated heterocycles. The maximum atomic E-state index is 11.2. The number of carbonyl (C=O) groups is 2. The second kappa shape index (κ2) is 4.90. The highest BCUT2D eigenvalue weighted by molar-refractivity contribution is 6.36. The third-order valence-corrected chi connectivity index (χ3v) is 2.70. The van der Waals surface area contributed by atoms with E-state index in [1.807, 2.05) is 18.2 Å². The largest absolute Gasteiger partial charge is 0.301 e. The van der Waals surface area contributed by atoms with E-state index in [0.29, 0.717) is 6.42 Å². The molecule has 1 aliphatic rings. The van der Waals surface area contributed by atoms with Gasteiger partial charge in [0.15, 0.2) is 0 Å². The molecule has 0 aliphatic carbocycles. The van der Waals surface area contributed by atoms with Crippen LogP contribution in [-0.4, -0.2) is 17.7 Å².